The summed E-state index contributed by atoms with van der Waals surface area (Å²) in [5.74, 6) is -0.265. The van der Waals surface area contributed by atoms with Crippen LogP contribution in [-0.2, 0) is 6.42 Å². The molecule has 168 valence electrons. The highest BCUT2D eigenvalue weighted by molar-refractivity contribution is 6.30. The van der Waals surface area contributed by atoms with E-state index >= 15 is 0 Å². The van der Waals surface area contributed by atoms with Crippen LogP contribution in [-0.4, -0.2) is 38.3 Å². The Bertz CT molecular complexity index is 1210. The van der Waals surface area contributed by atoms with E-state index in [2.05, 4.69) is 20.5 Å². The normalized spacial score (nSPS) is 12.8. The van der Waals surface area contributed by atoms with Crippen molar-refractivity contribution in [1.82, 2.24) is 20.5 Å². The van der Waals surface area contributed by atoms with Crippen LogP contribution in [0.15, 0.2) is 79.1 Å². The zero-order valence-corrected chi connectivity index (χ0v) is 19.0. The molecule has 0 fully saturated rings. The number of aromatic nitrogens is 3. The quantitative estimate of drug-likeness (QED) is 0.348. The summed E-state index contributed by atoms with van der Waals surface area (Å²) >= 11 is 6.10. The minimum atomic E-state index is -0.547. The van der Waals surface area contributed by atoms with Crippen LogP contribution in [0.3, 0.4) is 0 Å². The number of aliphatic hydroxyl groups excluding tert-OH is 1. The van der Waals surface area contributed by atoms with Gasteiger partial charge in [-0.3, -0.25) is 14.9 Å². The van der Waals surface area contributed by atoms with Gasteiger partial charge in [0.2, 0.25) is 0 Å². The number of benzene rings is 2. The van der Waals surface area contributed by atoms with Gasteiger partial charge in [0.05, 0.1) is 11.8 Å². The van der Waals surface area contributed by atoms with Gasteiger partial charge in [-0.1, -0.05) is 48.0 Å². The molecule has 0 spiro atoms. The molecule has 0 aliphatic carbocycles. The molecule has 0 saturated carbocycles. The fourth-order valence-electron chi connectivity index (χ4n) is 3.75. The zero-order valence-electron chi connectivity index (χ0n) is 18.2. The number of aliphatic hydroxyl groups is 1. The lowest BCUT2D eigenvalue weighted by Gasteiger charge is -2.20. The van der Waals surface area contributed by atoms with E-state index in [9.17, 15) is 9.90 Å². The number of nitrogens with zero attached hydrogens (tertiary/aromatic N) is 2. The summed E-state index contributed by atoms with van der Waals surface area (Å²) in [5.41, 5.74) is 5.02. The Labute approximate surface area is 197 Å². The standard InChI is InChI=1S/C26H25ClN4O2/c1-17(32)12-23(13-18-7-9-19(10-8-18)20-4-2-6-22(27)14-20)29-26(33)25-15-24(30-31-25)21-5-3-11-28-16-21/h2-11,14-17,23,32H,12-13H2,1H3,(H,29,33)(H,30,31)/t17-,23+/m1/s1. The van der Waals surface area contributed by atoms with Crippen molar-refractivity contribution in [3.63, 3.8) is 0 Å². The highest BCUT2D eigenvalue weighted by Gasteiger charge is 2.18. The fraction of sp³-hybridized carbons (Fsp3) is 0.192. The van der Waals surface area contributed by atoms with Gasteiger partial charge in [-0.05, 0) is 66.8 Å². The smallest absolute Gasteiger partial charge is 0.269 e. The maximum absolute atomic E-state index is 12.9. The molecular formula is C26H25ClN4O2. The minimum absolute atomic E-state index is 0.236. The molecule has 4 aromatic rings. The van der Waals surface area contributed by atoms with E-state index in [0.29, 0.717) is 29.3 Å². The minimum Gasteiger partial charge on any atom is -0.393 e. The summed E-state index contributed by atoms with van der Waals surface area (Å²) in [5, 5.41) is 20.7. The van der Waals surface area contributed by atoms with Gasteiger partial charge in [-0.2, -0.15) is 5.10 Å². The first-order chi connectivity index (χ1) is 16.0. The lowest BCUT2D eigenvalue weighted by atomic mass is 9.98. The topological polar surface area (TPSA) is 90.9 Å². The molecule has 0 radical (unpaired) electrons. The van der Waals surface area contributed by atoms with Crippen LogP contribution < -0.4 is 5.32 Å². The molecule has 1 amide bonds. The van der Waals surface area contributed by atoms with E-state index < -0.39 is 6.10 Å². The Morgan fingerprint density at radius 3 is 2.55 bits per heavy atom. The number of pyridine rings is 1. The molecule has 7 heteroatoms. The third kappa shape index (κ3) is 6.06. The van der Waals surface area contributed by atoms with Crippen molar-refractivity contribution in [2.75, 3.05) is 0 Å². The molecular weight excluding hydrogens is 436 g/mol. The van der Waals surface area contributed by atoms with E-state index in [4.69, 9.17) is 11.6 Å². The first-order valence-corrected chi connectivity index (χ1v) is 11.2. The largest absolute Gasteiger partial charge is 0.393 e. The zero-order chi connectivity index (χ0) is 23.2. The number of amides is 1. The predicted octanol–water partition coefficient (Wildman–Crippen LogP) is 4.90. The van der Waals surface area contributed by atoms with Gasteiger partial charge < -0.3 is 10.4 Å². The Balaban J connectivity index is 1.45. The van der Waals surface area contributed by atoms with Crippen LogP contribution in [0.2, 0.25) is 5.02 Å². The molecule has 6 nitrogen and oxygen atoms in total. The molecule has 33 heavy (non-hydrogen) atoms. The van der Waals surface area contributed by atoms with Crippen LogP contribution in [0.25, 0.3) is 22.4 Å². The summed E-state index contributed by atoms with van der Waals surface area (Å²) in [7, 11) is 0. The molecule has 3 N–H and O–H groups in total. The number of carbonyl (C=O) groups is 1. The predicted molar refractivity (Wildman–Crippen MR) is 130 cm³/mol. The van der Waals surface area contributed by atoms with Gasteiger partial charge in [0.25, 0.3) is 5.91 Å². The van der Waals surface area contributed by atoms with Crippen LogP contribution in [0.5, 0.6) is 0 Å². The van der Waals surface area contributed by atoms with Crippen LogP contribution in [0.1, 0.15) is 29.4 Å². The van der Waals surface area contributed by atoms with E-state index in [-0.39, 0.29) is 11.9 Å². The van der Waals surface area contributed by atoms with Crippen LogP contribution in [0, 0.1) is 0 Å². The summed E-state index contributed by atoms with van der Waals surface area (Å²) < 4.78 is 0. The molecule has 2 atom stereocenters. The summed E-state index contributed by atoms with van der Waals surface area (Å²) in [6.45, 7) is 1.72. The van der Waals surface area contributed by atoms with E-state index in [1.165, 1.54) is 0 Å². The Hall–Kier alpha value is -3.48. The number of halogens is 1. The number of H-pyrrole nitrogens is 1. The van der Waals surface area contributed by atoms with Crippen molar-refractivity contribution >= 4 is 17.5 Å². The second-order valence-corrected chi connectivity index (χ2v) is 8.51. The number of aromatic amines is 1. The monoisotopic (exact) mass is 460 g/mol. The van der Waals surface area contributed by atoms with Crippen molar-refractivity contribution in [2.45, 2.75) is 31.9 Å². The van der Waals surface area contributed by atoms with Gasteiger partial charge in [0.15, 0.2) is 0 Å². The average molecular weight is 461 g/mol. The maximum Gasteiger partial charge on any atom is 0.269 e. The summed E-state index contributed by atoms with van der Waals surface area (Å²) in [6.07, 6.45) is 3.86. The average Bonchev–Trinajstić information content (AvgIpc) is 3.30. The van der Waals surface area contributed by atoms with Crippen molar-refractivity contribution in [3.05, 3.63) is 95.4 Å². The number of carbonyl (C=O) groups excluding carboxylic acids is 1. The molecule has 4 rings (SSSR count). The lowest BCUT2D eigenvalue weighted by Crippen LogP contribution is -2.38. The third-order valence-electron chi connectivity index (χ3n) is 5.33. The van der Waals surface area contributed by atoms with Gasteiger partial charge in [-0.15, -0.1) is 0 Å². The van der Waals surface area contributed by atoms with Gasteiger partial charge in [0.1, 0.15) is 5.69 Å². The highest BCUT2D eigenvalue weighted by Crippen LogP contribution is 2.23. The Morgan fingerprint density at radius 2 is 1.85 bits per heavy atom. The summed E-state index contributed by atoms with van der Waals surface area (Å²) in [6, 6.07) is 21.0. The first kappa shape index (κ1) is 22.7. The fourth-order valence-corrected chi connectivity index (χ4v) is 3.94. The summed E-state index contributed by atoms with van der Waals surface area (Å²) in [4.78, 5) is 16.9. The second-order valence-electron chi connectivity index (χ2n) is 8.08. The van der Waals surface area contributed by atoms with E-state index in [1.807, 2.05) is 60.7 Å². The molecule has 0 bridgehead atoms. The van der Waals surface area contributed by atoms with Crippen molar-refractivity contribution in [3.8, 4) is 22.4 Å². The number of rotatable bonds is 8. The highest BCUT2D eigenvalue weighted by atomic mass is 35.5. The number of hydrogen-bond acceptors (Lipinski definition) is 4. The first-order valence-electron chi connectivity index (χ1n) is 10.8. The lowest BCUT2D eigenvalue weighted by molar-refractivity contribution is 0.0912. The van der Waals surface area contributed by atoms with Crippen molar-refractivity contribution in [2.24, 2.45) is 0 Å². The second kappa shape index (κ2) is 10.4. The third-order valence-corrected chi connectivity index (χ3v) is 5.57. The van der Waals surface area contributed by atoms with Crippen molar-refractivity contribution < 1.29 is 9.90 Å². The van der Waals surface area contributed by atoms with E-state index in [1.54, 1.807) is 25.4 Å². The molecule has 0 saturated heterocycles. The van der Waals surface area contributed by atoms with Gasteiger partial charge >= 0.3 is 0 Å². The Morgan fingerprint density at radius 1 is 1.06 bits per heavy atom. The maximum atomic E-state index is 12.9. The number of hydrogen-bond donors (Lipinski definition) is 3. The SMILES string of the molecule is C[C@@H](O)C[C@@H](Cc1ccc(-c2cccc(Cl)c2)cc1)NC(=O)c1cc(-c2cccnc2)n[nH]1. The molecule has 2 aromatic carbocycles. The van der Waals surface area contributed by atoms with E-state index in [0.717, 1.165) is 22.3 Å². The number of nitrogens with one attached hydrogen (secondary N) is 2. The molecule has 2 heterocycles. The Kier molecular flexibility index (Phi) is 7.17. The molecule has 0 aliphatic heterocycles. The van der Waals surface area contributed by atoms with Crippen molar-refractivity contribution in [1.29, 1.82) is 0 Å². The molecule has 0 unspecified atom stereocenters. The van der Waals surface area contributed by atoms with Gasteiger partial charge in [-0.25, -0.2) is 0 Å². The van der Waals surface area contributed by atoms with Gasteiger partial charge in [0, 0.05) is 29.0 Å². The van der Waals surface area contributed by atoms with Crippen LogP contribution in [0.4, 0.5) is 0 Å². The molecule has 0 aliphatic rings. The molecule has 2 aromatic heterocycles. The van der Waals surface area contributed by atoms with Crippen LogP contribution >= 0.6 is 11.6 Å².